The monoisotopic (exact) mass is 490 g/mol. The van der Waals surface area contributed by atoms with Crippen molar-refractivity contribution in [1.29, 1.82) is 0 Å². The first-order valence-electron chi connectivity index (χ1n) is 12.1. The molecule has 2 aliphatic rings. The van der Waals surface area contributed by atoms with Crippen LogP contribution in [0.25, 0.3) is 0 Å². The Morgan fingerprint density at radius 1 is 1.09 bits per heavy atom. The van der Waals surface area contributed by atoms with Gasteiger partial charge >= 0.3 is 0 Å². The van der Waals surface area contributed by atoms with Gasteiger partial charge in [0.2, 0.25) is 0 Å². The van der Waals surface area contributed by atoms with Crippen LogP contribution in [0.1, 0.15) is 57.3 Å². The molecular weight excluding hydrogens is 452 g/mol. The minimum absolute atomic E-state index is 0.193. The zero-order valence-electron chi connectivity index (χ0n) is 20.3. The molecule has 0 spiro atoms. The lowest BCUT2D eigenvalue weighted by molar-refractivity contribution is 0.0452. The van der Waals surface area contributed by atoms with Crippen LogP contribution in [0.2, 0.25) is 0 Å². The summed E-state index contributed by atoms with van der Waals surface area (Å²) in [6.45, 7) is 9.15. The Morgan fingerprint density at radius 2 is 1.76 bits per heavy atom. The lowest BCUT2D eigenvalue weighted by Gasteiger charge is -2.40. The summed E-state index contributed by atoms with van der Waals surface area (Å²) in [6.07, 6.45) is 2.30. The Kier molecular flexibility index (Phi) is 8.98. The molecular formula is C26H38N2O5S. The van der Waals surface area contributed by atoms with E-state index >= 15 is 0 Å². The summed E-state index contributed by atoms with van der Waals surface area (Å²) in [5.74, 6) is 1.13. The molecule has 0 bridgehead atoms. The van der Waals surface area contributed by atoms with E-state index in [0.29, 0.717) is 30.4 Å². The third-order valence-corrected chi connectivity index (χ3v) is 7.28. The van der Waals surface area contributed by atoms with Crippen molar-refractivity contribution in [3.8, 4) is 0 Å². The Morgan fingerprint density at radius 3 is 2.32 bits per heavy atom. The van der Waals surface area contributed by atoms with Crippen LogP contribution in [0.15, 0.2) is 47.4 Å². The van der Waals surface area contributed by atoms with Gasteiger partial charge in [-0.1, -0.05) is 32.9 Å². The number of hydrogen-bond acceptors (Lipinski definition) is 6. The predicted molar refractivity (Wildman–Crippen MR) is 136 cm³/mol. The van der Waals surface area contributed by atoms with Gasteiger partial charge in [0.15, 0.2) is 0 Å². The van der Waals surface area contributed by atoms with Crippen LogP contribution in [0, 0.1) is 11.8 Å². The van der Waals surface area contributed by atoms with E-state index in [1.165, 1.54) is 23.4 Å². The van der Waals surface area contributed by atoms with Crippen molar-refractivity contribution in [2.24, 2.45) is 11.8 Å². The smallest absolute Gasteiger partial charge is 0.294 e. The average molecular weight is 491 g/mol. The van der Waals surface area contributed by atoms with Crippen molar-refractivity contribution in [3.63, 3.8) is 0 Å². The largest absolute Gasteiger partial charge is 0.393 e. The molecule has 1 atom stereocenters. The summed E-state index contributed by atoms with van der Waals surface area (Å²) in [7, 11) is -4.26. The maximum Gasteiger partial charge on any atom is 0.294 e. The summed E-state index contributed by atoms with van der Waals surface area (Å²) in [5.41, 5.74) is 3.97. The van der Waals surface area contributed by atoms with Crippen LogP contribution in [-0.2, 0) is 16.5 Å². The molecule has 0 radical (unpaired) electrons. The average Bonchev–Trinajstić information content (AvgIpc) is 2.78. The van der Waals surface area contributed by atoms with E-state index in [-0.39, 0.29) is 11.0 Å². The highest BCUT2D eigenvalue weighted by atomic mass is 32.2. The first-order chi connectivity index (χ1) is 16.1. The van der Waals surface area contributed by atoms with E-state index in [0.717, 1.165) is 38.0 Å². The van der Waals surface area contributed by atoms with E-state index in [9.17, 15) is 18.6 Å². The highest BCUT2D eigenvalue weighted by molar-refractivity contribution is 7.85. The third kappa shape index (κ3) is 7.18. The number of aliphatic hydroxyl groups is 2. The van der Waals surface area contributed by atoms with Crippen molar-refractivity contribution in [2.45, 2.75) is 63.6 Å². The van der Waals surface area contributed by atoms with Crippen molar-refractivity contribution in [3.05, 3.63) is 53.6 Å². The molecule has 1 unspecified atom stereocenters. The summed E-state index contributed by atoms with van der Waals surface area (Å²) in [4.78, 5) is 1.92. The Hall–Kier alpha value is -2.13. The molecule has 0 amide bonds. The highest BCUT2D eigenvalue weighted by Gasteiger charge is 2.32. The molecule has 1 fully saturated rings. The minimum Gasteiger partial charge on any atom is -0.393 e. The van der Waals surface area contributed by atoms with Crippen LogP contribution in [0.4, 0.5) is 11.4 Å². The lowest BCUT2D eigenvalue weighted by atomic mass is 9.81. The molecule has 2 aromatic rings. The van der Waals surface area contributed by atoms with Crippen molar-refractivity contribution >= 4 is 21.5 Å². The molecule has 34 heavy (non-hydrogen) atoms. The van der Waals surface area contributed by atoms with E-state index in [1.807, 2.05) is 0 Å². The van der Waals surface area contributed by atoms with Gasteiger partial charge in [-0.05, 0) is 73.4 Å². The van der Waals surface area contributed by atoms with Crippen LogP contribution >= 0.6 is 0 Å². The molecule has 1 aliphatic heterocycles. The van der Waals surface area contributed by atoms with Crippen molar-refractivity contribution < 1.29 is 23.2 Å². The van der Waals surface area contributed by atoms with Crippen LogP contribution in [0.3, 0.4) is 0 Å². The number of aryl methyl sites for hydroxylation is 1. The topological polar surface area (TPSA) is 110 Å². The lowest BCUT2D eigenvalue weighted by Crippen LogP contribution is -2.41. The number of fused-ring (bicyclic) bond motifs is 1. The fourth-order valence-electron chi connectivity index (χ4n) is 4.33. The molecule has 1 aliphatic carbocycles. The molecule has 2 aromatic carbocycles. The van der Waals surface area contributed by atoms with Crippen LogP contribution in [0.5, 0.6) is 0 Å². The number of benzene rings is 2. The van der Waals surface area contributed by atoms with E-state index in [2.05, 4.69) is 55.3 Å². The summed E-state index contributed by atoms with van der Waals surface area (Å²) in [5, 5.41) is 22.8. The number of anilines is 2. The van der Waals surface area contributed by atoms with E-state index in [4.69, 9.17) is 4.55 Å². The van der Waals surface area contributed by atoms with Gasteiger partial charge in [-0.15, -0.1) is 0 Å². The van der Waals surface area contributed by atoms with Crippen molar-refractivity contribution in [2.75, 3.05) is 29.9 Å². The second kappa shape index (κ2) is 11.5. The normalized spacial score (nSPS) is 21.9. The number of nitrogens with one attached hydrogen (secondary N) is 1. The van der Waals surface area contributed by atoms with Gasteiger partial charge in [-0.3, -0.25) is 4.55 Å². The van der Waals surface area contributed by atoms with Gasteiger partial charge < -0.3 is 20.4 Å². The van der Waals surface area contributed by atoms with E-state index in [1.54, 1.807) is 6.07 Å². The zero-order chi connectivity index (χ0) is 24.9. The van der Waals surface area contributed by atoms with Gasteiger partial charge in [0.1, 0.15) is 0 Å². The predicted octanol–water partition coefficient (Wildman–Crippen LogP) is 4.26. The fourth-order valence-corrected chi connectivity index (χ4v) is 4.85. The highest BCUT2D eigenvalue weighted by Crippen LogP contribution is 2.38. The maximum absolute atomic E-state index is 11.2. The Balaban J connectivity index is 0.000000215. The molecule has 4 rings (SSSR count). The van der Waals surface area contributed by atoms with Gasteiger partial charge in [0, 0.05) is 36.6 Å². The second-order valence-electron chi connectivity index (χ2n) is 9.76. The van der Waals surface area contributed by atoms with Gasteiger partial charge in [-0.2, -0.15) is 8.42 Å². The van der Waals surface area contributed by atoms with Crippen LogP contribution in [-0.4, -0.2) is 48.9 Å². The quantitative estimate of drug-likeness (QED) is 0.429. The number of rotatable bonds is 7. The first kappa shape index (κ1) is 26.5. The summed E-state index contributed by atoms with van der Waals surface area (Å²) >= 11 is 0. The van der Waals surface area contributed by atoms with Gasteiger partial charge in [0.25, 0.3) is 10.1 Å². The summed E-state index contributed by atoms with van der Waals surface area (Å²) < 4.78 is 31.5. The molecule has 4 N–H and O–H groups in total. The summed E-state index contributed by atoms with van der Waals surface area (Å²) in [6, 6.07) is 13.0. The first-order valence-corrected chi connectivity index (χ1v) is 13.6. The number of nitrogens with zero attached hydrogens (tertiary/aromatic N) is 1. The molecule has 0 saturated heterocycles. The molecule has 188 valence electrons. The van der Waals surface area contributed by atoms with E-state index < -0.39 is 16.2 Å². The Labute approximate surface area is 203 Å². The van der Waals surface area contributed by atoms with Gasteiger partial charge in [-0.25, -0.2) is 0 Å². The number of aliphatic hydroxyl groups excluding tert-OH is 2. The van der Waals surface area contributed by atoms with Gasteiger partial charge in [0.05, 0.1) is 17.1 Å². The van der Waals surface area contributed by atoms with Crippen molar-refractivity contribution in [1.82, 2.24) is 0 Å². The molecule has 0 aromatic heterocycles. The maximum atomic E-state index is 11.2. The molecule has 1 heterocycles. The minimum atomic E-state index is -4.26. The molecule has 8 heteroatoms. The SMILES string of the molecule is CCc1ccc(NCC(C)C)cc1.O=S(=O)(O)c1ccc2c(c1)C(O)CCN2CC1CC(O)C1. The van der Waals surface area contributed by atoms with Crippen LogP contribution < -0.4 is 10.2 Å². The number of hydrogen-bond donors (Lipinski definition) is 4. The zero-order valence-corrected chi connectivity index (χ0v) is 21.1. The fraction of sp³-hybridized carbons (Fsp3) is 0.538. The second-order valence-corrected chi connectivity index (χ2v) is 11.2. The standard InChI is InChI=1S/C14H19NO5S.C12H19N/c16-10-5-9(6-10)8-15-4-3-14(17)12-7-11(21(18,19)20)1-2-13(12)15;1-4-11-5-7-12(8-6-11)13-9-10(2)3/h1-2,7,9-10,14,16-17H,3-6,8H2,(H,18,19,20);5-8,10,13H,4,9H2,1-3H3. The Bertz CT molecular complexity index is 1030. The molecule has 7 nitrogen and oxygen atoms in total. The molecule has 1 saturated carbocycles. The third-order valence-electron chi connectivity index (χ3n) is 6.44.